The molecule has 0 radical (unpaired) electrons. The minimum atomic E-state index is 0.587. The standard InChI is InChI=1S/C13H18N2/c1-11-7-6-10-15(2)13(11)14-12-8-4-3-5-9-12/h3-5,8-9,11H,6-7,10H2,1-2H3. The van der Waals surface area contributed by atoms with E-state index in [-0.39, 0.29) is 0 Å². The molecule has 0 amide bonds. The van der Waals surface area contributed by atoms with E-state index in [9.17, 15) is 0 Å². The van der Waals surface area contributed by atoms with E-state index < -0.39 is 0 Å². The third kappa shape index (κ3) is 2.38. The van der Waals surface area contributed by atoms with Crippen molar-refractivity contribution in [1.29, 1.82) is 0 Å². The lowest BCUT2D eigenvalue weighted by atomic mass is 9.99. The van der Waals surface area contributed by atoms with E-state index in [0.717, 1.165) is 12.2 Å². The monoisotopic (exact) mass is 202 g/mol. The molecule has 1 aromatic rings. The second-order valence-corrected chi connectivity index (χ2v) is 4.27. The van der Waals surface area contributed by atoms with Gasteiger partial charge < -0.3 is 4.90 Å². The van der Waals surface area contributed by atoms with E-state index in [1.165, 1.54) is 18.7 Å². The molecule has 0 saturated carbocycles. The van der Waals surface area contributed by atoms with E-state index in [4.69, 9.17) is 4.99 Å². The average molecular weight is 202 g/mol. The zero-order chi connectivity index (χ0) is 10.7. The first kappa shape index (κ1) is 10.2. The summed E-state index contributed by atoms with van der Waals surface area (Å²) in [5.74, 6) is 1.82. The second kappa shape index (κ2) is 4.47. The maximum absolute atomic E-state index is 4.72. The van der Waals surface area contributed by atoms with Crippen LogP contribution in [0.25, 0.3) is 0 Å². The molecule has 0 aromatic heterocycles. The Morgan fingerprint density at radius 1 is 1.27 bits per heavy atom. The number of rotatable bonds is 1. The lowest BCUT2D eigenvalue weighted by Gasteiger charge is -2.31. The summed E-state index contributed by atoms with van der Waals surface area (Å²) >= 11 is 0. The van der Waals surface area contributed by atoms with Crippen molar-refractivity contribution in [1.82, 2.24) is 4.90 Å². The molecule has 0 bridgehead atoms. The van der Waals surface area contributed by atoms with E-state index >= 15 is 0 Å². The Balaban J connectivity index is 2.24. The van der Waals surface area contributed by atoms with Crippen LogP contribution in [0.15, 0.2) is 35.3 Å². The van der Waals surface area contributed by atoms with Gasteiger partial charge >= 0.3 is 0 Å². The van der Waals surface area contributed by atoms with Crippen molar-refractivity contribution in [3.8, 4) is 0 Å². The fourth-order valence-corrected chi connectivity index (χ4v) is 2.08. The van der Waals surface area contributed by atoms with Gasteiger partial charge in [-0.25, -0.2) is 4.99 Å². The van der Waals surface area contributed by atoms with Crippen LogP contribution in [0.1, 0.15) is 19.8 Å². The molecule has 2 rings (SSSR count). The topological polar surface area (TPSA) is 15.6 Å². The molecule has 1 aliphatic rings. The molecule has 1 aromatic carbocycles. The number of para-hydroxylation sites is 1. The molecule has 0 aliphatic carbocycles. The SMILES string of the molecule is CC1CCCN(C)C1=Nc1ccccc1. The summed E-state index contributed by atoms with van der Waals surface area (Å²) in [5, 5.41) is 0. The third-order valence-corrected chi connectivity index (χ3v) is 2.96. The van der Waals surface area contributed by atoms with Crippen molar-refractivity contribution >= 4 is 11.5 Å². The molecular formula is C13H18N2. The zero-order valence-corrected chi connectivity index (χ0v) is 9.48. The van der Waals surface area contributed by atoms with Crippen molar-refractivity contribution < 1.29 is 0 Å². The van der Waals surface area contributed by atoms with Gasteiger partial charge in [-0.1, -0.05) is 25.1 Å². The molecule has 2 heteroatoms. The lowest BCUT2D eigenvalue weighted by molar-refractivity contribution is 0.389. The molecule has 1 unspecified atom stereocenters. The van der Waals surface area contributed by atoms with Crippen LogP contribution in [0.5, 0.6) is 0 Å². The molecular weight excluding hydrogens is 184 g/mol. The number of amidine groups is 1. The summed E-state index contributed by atoms with van der Waals surface area (Å²) < 4.78 is 0. The maximum Gasteiger partial charge on any atom is 0.107 e. The molecule has 15 heavy (non-hydrogen) atoms. The smallest absolute Gasteiger partial charge is 0.107 e. The van der Waals surface area contributed by atoms with Gasteiger partial charge in [0, 0.05) is 19.5 Å². The van der Waals surface area contributed by atoms with Crippen molar-refractivity contribution in [3.63, 3.8) is 0 Å². The van der Waals surface area contributed by atoms with Crippen LogP contribution in [-0.4, -0.2) is 24.3 Å². The first-order valence-corrected chi connectivity index (χ1v) is 5.62. The van der Waals surface area contributed by atoms with Gasteiger partial charge in [0.1, 0.15) is 5.84 Å². The molecule has 1 saturated heterocycles. The number of likely N-dealkylation sites (tertiary alicyclic amines) is 1. The van der Waals surface area contributed by atoms with E-state index in [0.29, 0.717) is 5.92 Å². The van der Waals surface area contributed by atoms with Crippen LogP contribution in [0.2, 0.25) is 0 Å². The number of piperidine rings is 1. The van der Waals surface area contributed by atoms with Gasteiger partial charge in [-0.15, -0.1) is 0 Å². The average Bonchev–Trinajstić information content (AvgIpc) is 2.25. The van der Waals surface area contributed by atoms with Gasteiger partial charge in [-0.05, 0) is 25.0 Å². The molecule has 0 spiro atoms. The Hall–Kier alpha value is -1.31. The minimum absolute atomic E-state index is 0.587. The van der Waals surface area contributed by atoms with Gasteiger partial charge in [0.25, 0.3) is 0 Å². The van der Waals surface area contributed by atoms with Gasteiger partial charge in [-0.2, -0.15) is 0 Å². The van der Waals surface area contributed by atoms with Crippen molar-refractivity contribution in [2.24, 2.45) is 10.9 Å². The molecule has 2 nitrogen and oxygen atoms in total. The molecule has 1 aliphatic heterocycles. The lowest BCUT2D eigenvalue weighted by Crippen LogP contribution is -2.37. The van der Waals surface area contributed by atoms with E-state index in [1.807, 2.05) is 18.2 Å². The predicted octanol–water partition coefficient (Wildman–Crippen LogP) is 3.08. The van der Waals surface area contributed by atoms with Gasteiger partial charge in [0.05, 0.1) is 5.69 Å². The van der Waals surface area contributed by atoms with Crippen LogP contribution in [0.4, 0.5) is 5.69 Å². The second-order valence-electron chi connectivity index (χ2n) is 4.27. The summed E-state index contributed by atoms with van der Waals surface area (Å²) in [6, 6.07) is 10.2. The van der Waals surface area contributed by atoms with Crippen LogP contribution < -0.4 is 0 Å². The number of hydrogen-bond acceptors (Lipinski definition) is 1. The van der Waals surface area contributed by atoms with Gasteiger partial charge in [0.2, 0.25) is 0 Å². The molecule has 1 heterocycles. The minimum Gasteiger partial charge on any atom is -0.363 e. The van der Waals surface area contributed by atoms with E-state index in [1.54, 1.807) is 0 Å². The van der Waals surface area contributed by atoms with Crippen LogP contribution in [-0.2, 0) is 0 Å². The number of nitrogens with zero attached hydrogens (tertiary/aromatic N) is 2. The summed E-state index contributed by atoms with van der Waals surface area (Å²) in [6.45, 7) is 3.40. The quantitative estimate of drug-likeness (QED) is 0.683. The van der Waals surface area contributed by atoms with Gasteiger partial charge in [-0.3, -0.25) is 0 Å². The third-order valence-electron chi connectivity index (χ3n) is 2.96. The van der Waals surface area contributed by atoms with Crippen LogP contribution >= 0.6 is 0 Å². The number of benzene rings is 1. The van der Waals surface area contributed by atoms with Crippen molar-refractivity contribution in [3.05, 3.63) is 30.3 Å². The highest BCUT2D eigenvalue weighted by Gasteiger charge is 2.19. The first-order chi connectivity index (χ1) is 7.27. The number of hydrogen-bond donors (Lipinski definition) is 0. The number of aliphatic imine (C=N–C) groups is 1. The Bertz CT molecular complexity index is 331. The van der Waals surface area contributed by atoms with Gasteiger partial charge in [0.15, 0.2) is 0 Å². The molecule has 1 atom stereocenters. The van der Waals surface area contributed by atoms with Crippen molar-refractivity contribution in [2.75, 3.05) is 13.6 Å². The fraction of sp³-hybridized carbons (Fsp3) is 0.462. The first-order valence-electron chi connectivity index (χ1n) is 5.62. The van der Waals surface area contributed by atoms with Crippen molar-refractivity contribution in [2.45, 2.75) is 19.8 Å². The molecule has 80 valence electrons. The Morgan fingerprint density at radius 2 is 2.00 bits per heavy atom. The summed E-state index contributed by atoms with van der Waals surface area (Å²) in [7, 11) is 2.14. The highest BCUT2D eigenvalue weighted by atomic mass is 15.2. The Labute approximate surface area is 91.6 Å². The normalized spacial score (nSPS) is 24.5. The highest BCUT2D eigenvalue weighted by Crippen LogP contribution is 2.21. The molecule has 1 fully saturated rings. The largest absolute Gasteiger partial charge is 0.363 e. The Kier molecular flexibility index (Phi) is 3.05. The highest BCUT2D eigenvalue weighted by molar-refractivity contribution is 5.87. The van der Waals surface area contributed by atoms with Crippen LogP contribution in [0.3, 0.4) is 0 Å². The van der Waals surface area contributed by atoms with Crippen LogP contribution in [0, 0.1) is 5.92 Å². The summed E-state index contributed by atoms with van der Waals surface area (Å²) in [4.78, 5) is 7.00. The molecule has 0 N–H and O–H groups in total. The summed E-state index contributed by atoms with van der Waals surface area (Å²) in [6.07, 6.45) is 2.54. The van der Waals surface area contributed by atoms with E-state index in [2.05, 4.69) is 31.0 Å². The predicted molar refractivity (Wildman–Crippen MR) is 64.6 cm³/mol. The fourth-order valence-electron chi connectivity index (χ4n) is 2.08. The maximum atomic E-state index is 4.72. The Morgan fingerprint density at radius 3 is 2.67 bits per heavy atom. The zero-order valence-electron chi connectivity index (χ0n) is 9.48. The summed E-state index contributed by atoms with van der Waals surface area (Å²) in [5.41, 5.74) is 1.06.